The molecule has 0 amide bonds. The van der Waals surface area contributed by atoms with E-state index in [1.165, 1.54) is 12.1 Å². The third-order valence-electron chi connectivity index (χ3n) is 2.69. The van der Waals surface area contributed by atoms with Gasteiger partial charge in [0.1, 0.15) is 0 Å². The minimum atomic E-state index is -0.735. The molecular weight excluding hydrogens is 248 g/mol. The van der Waals surface area contributed by atoms with Crippen LogP contribution in [0.15, 0.2) is 36.7 Å². The smallest absolute Gasteiger partial charge is 0.269 e. The highest BCUT2D eigenvalue weighted by Crippen LogP contribution is 2.18. The number of hydrogen-bond donors (Lipinski definition) is 2. The molecular formula is C12H14N4O3. The van der Waals surface area contributed by atoms with E-state index in [4.69, 9.17) is 0 Å². The molecule has 7 nitrogen and oxygen atoms in total. The molecule has 1 aromatic carbocycles. The van der Waals surface area contributed by atoms with Crippen LogP contribution in [0.2, 0.25) is 0 Å². The van der Waals surface area contributed by atoms with Crippen molar-refractivity contribution < 1.29 is 10.0 Å². The van der Waals surface area contributed by atoms with Crippen LogP contribution in [0.3, 0.4) is 0 Å². The molecule has 1 atom stereocenters. The summed E-state index contributed by atoms with van der Waals surface area (Å²) in [7, 11) is 1.80. The number of anilines is 1. The fourth-order valence-electron chi connectivity index (χ4n) is 1.66. The van der Waals surface area contributed by atoms with E-state index in [-0.39, 0.29) is 5.69 Å². The van der Waals surface area contributed by atoms with Gasteiger partial charge in [-0.05, 0) is 17.7 Å². The zero-order valence-corrected chi connectivity index (χ0v) is 10.4. The third-order valence-corrected chi connectivity index (χ3v) is 2.69. The molecule has 0 aliphatic heterocycles. The van der Waals surface area contributed by atoms with Crippen molar-refractivity contribution in [2.45, 2.75) is 6.10 Å². The molecule has 2 N–H and O–H groups in total. The van der Waals surface area contributed by atoms with Crippen LogP contribution in [0.1, 0.15) is 11.7 Å². The Kier molecular flexibility index (Phi) is 3.76. The summed E-state index contributed by atoms with van der Waals surface area (Å²) in [5.41, 5.74) is 1.45. The van der Waals surface area contributed by atoms with Crippen LogP contribution < -0.4 is 5.32 Å². The van der Waals surface area contributed by atoms with Gasteiger partial charge < -0.3 is 10.4 Å². The lowest BCUT2D eigenvalue weighted by Crippen LogP contribution is -2.11. The molecule has 2 aromatic rings. The molecule has 0 aliphatic carbocycles. The van der Waals surface area contributed by atoms with Gasteiger partial charge in [-0.2, -0.15) is 5.10 Å². The standard InChI is InChI=1S/C12H14N4O3/c1-15-8-10(6-14-15)13-7-12(17)9-2-4-11(5-3-9)16(18)19/h2-6,8,12-13,17H,7H2,1H3. The zero-order valence-electron chi connectivity index (χ0n) is 10.4. The van der Waals surface area contributed by atoms with Crippen molar-refractivity contribution in [3.05, 3.63) is 52.3 Å². The van der Waals surface area contributed by atoms with E-state index in [0.29, 0.717) is 12.1 Å². The predicted molar refractivity (Wildman–Crippen MR) is 69.8 cm³/mol. The maximum atomic E-state index is 10.5. The first-order chi connectivity index (χ1) is 9.06. The molecule has 0 saturated carbocycles. The van der Waals surface area contributed by atoms with Gasteiger partial charge >= 0.3 is 0 Å². The largest absolute Gasteiger partial charge is 0.387 e. The maximum Gasteiger partial charge on any atom is 0.269 e. The highest BCUT2D eigenvalue weighted by molar-refractivity contribution is 5.39. The normalized spacial score (nSPS) is 12.1. The molecule has 1 unspecified atom stereocenters. The lowest BCUT2D eigenvalue weighted by atomic mass is 10.1. The number of nitrogens with one attached hydrogen (secondary N) is 1. The van der Waals surface area contributed by atoms with Crippen LogP contribution in [0, 0.1) is 10.1 Å². The first-order valence-electron chi connectivity index (χ1n) is 5.71. The van der Waals surface area contributed by atoms with Crippen molar-refractivity contribution in [2.75, 3.05) is 11.9 Å². The summed E-state index contributed by atoms with van der Waals surface area (Å²) in [6.45, 7) is 0.309. The van der Waals surface area contributed by atoms with Gasteiger partial charge in [0.25, 0.3) is 5.69 Å². The van der Waals surface area contributed by atoms with Crippen LogP contribution in [-0.4, -0.2) is 26.4 Å². The molecule has 0 fully saturated rings. The fourth-order valence-corrected chi connectivity index (χ4v) is 1.66. The Bertz CT molecular complexity index is 565. The summed E-state index contributed by atoms with van der Waals surface area (Å²) in [6, 6.07) is 5.85. The van der Waals surface area contributed by atoms with Gasteiger partial charge in [-0.3, -0.25) is 14.8 Å². The van der Waals surface area contributed by atoms with Crippen LogP contribution in [0.4, 0.5) is 11.4 Å². The van der Waals surface area contributed by atoms with Crippen molar-refractivity contribution in [1.29, 1.82) is 0 Å². The van der Waals surface area contributed by atoms with E-state index in [2.05, 4.69) is 10.4 Å². The first-order valence-corrected chi connectivity index (χ1v) is 5.71. The Morgan fingerprint density at radius 2 is 2.16 bits per heavy atom. The van der Waals surface area contributed by atoms with Crippen LogP contribution in [0.5, 0.6) is 0 Å². The van der Waals surface area contributed by atoms with Gasteiger partial charge in [0.2, 0.25) is 0 Å². The SMILES string of the molecule is Cn1cc(NCC(O)c2ccc([N+](=O)[O-])cc2)cn1. The number of hydrogen-bond acceptors (Lipinski definition) is 5. The van der Waals surface area contributed by atoms with Crippen molar-refractivity contribution in [1.82, 2.24) is 9.78 Å². The highest BCUT2D eigenvalue weighted by Gasteiger charge is 2.10. The van der Waals surface area contributed by atoms with Crippen molar-refractivity contribution in [2.24, 2.45) is 7.05 Å². The Hall–Kier alpha value is -2.41. The van der Waals surface area contributed by atoms with Crippen molar-refractivity contribution in [3.63, 3.8) is 0 Å². The summed E-state index contributed by atoms with van der Waals surface area (Å²) in [5, 5.41) is 27.5. The Balaban J connectivity index is 1.95. The average Bonchev–Trinajstić information content (AvgIpc) is 2.82. The topological polar surface area (TPSA) is 93.2 Å². The van der Waals surface area contributed by atoms with Gasteiger partial charge in [0.15, 0.2) is 0 Å². The summed E-state index contributed by atoms with van der Waals surface area (Å²) in [4.78, 5) is 10.0. The van der Waals surface area contributed by atoms with Crippen LogP contribution in [-0.2, 0) is 7.05 Å². The van der Waals surface area contributed by atoms with E-state index in [0.717, 1.165) is 5.69 Å². The first kappa shape index (κ1) is 13.0. The predicted octanol–water partition coefficient (Wildman–Crippen LogP) is 1.47. The minimum Gasteiger partial charge on any atom is -0.387 e. The summed E-state index contributed by atoms with van der Waals surface area (Å²) >= 11 is 0. The van der Waals surface area contributed by atoms with Gasteiger partial charge in [-0.1, -0.05) is 0 Å². The molecule has 100 valence electrons. The van der Waals surface area contributed by atoms with Crippen molar-refractivity contribution >= 4 is 11.4 Å². The number of aliphatic hydroxyl groups excluding tert-OH is 1. The number of nitrogens with zero attached hydrogens (tertiary/aromatic N) is 3. The van der Waals surface area contributed by atoms with Gasteiger partial charge in [0.05, 0.1) is 22.9 Å². The Labute approximate surface area is 109 Å². The van der Waals surface area contributed by atoms with Gasteiger partial charge in [0, 0.05) is 31.9 Å². The highest BCUT2D eigenvalue weighted by atomic mass is 16.6. The lowest BCUT2D eigenvalue weighted by Gasteiger charge is -2.11. The quantitative estimate of drug-likeness (QED) is 0.628. The zero-order chi connectivity index (χ0) is 13.8. The average molecular weight is 262 g/mol. The van der Waals surface area contributed by atoms with E-state index in [9.17, 15) is 15.2 Å². The molecule has 7 heteroatoms. The molecule has 1 aromatic heterocycles. The van der Waals surface area contributed by atoms with E-state index < -0.39 is 11.0 Å². The minimum absolute atomic E-state index is 0.0103. The number of rotatable bonds is 5. The molecule has 0 spiro atoms. The molecule has 0 radical (unpaired) electrons. The number of nitro benzene ring substituents is 1. The Morgan fingerprint density at radius 1 is 1.47 bits per heavy atom. The molecule has 0 aliphatic rings. The summed E-state index contributed by atoms with van der Waals surface area (Å²) < 4.78 is 1.65. The van der Waals surface area contributed by atoms with Crippen LogP contribution >= 0.6 is 0 Å². The number of aryl methyl sites for hydroxylation is 1. The third kappa shape index (κ3) is 3.29. The summed E-state index contributed by atoms with van der Waals surface area (Å²) in [5.74, 6) is 0. The number of benzene rings is 1. The van der Waals surface area contributed by atoms with E-state index in [1.54, 1.807) is 36.3 Å². The monoisotopic (exact) mass is 262 g/mol. The van der Waals surface area contributed by atoms with E-state index in [1.807, 2.05) is 0 Å². The second-order valence-electron chi connectivity index (χ2n) is 4.15. The van der Waals surface area contributed by atoms with Gasteiger partial charge in [-0.15, -0.1) is 0 Å². The summed E-state index contributed by atoms with van der Waals surface area (Å²) in [6.07, 6.45) is 2.71. The Morgan fingerprint density at radius 3 is 2.68 bits per heavy atom. The number of aliphatic hydroxyl groups is 1. The lowest BCUT2D eigenvalue weighted by molar-refractivity contribution is -0.384. The second kappa shape index (κ2) is 5.49. The number of non-ortho nitro benzene ring substituents is 1. The molecule has 0 saturated heterocycles. The number of aromatic nitrogens is 2. The fraction of sp³-hybridized carbons (Fsp3) is 0.250. The van der Waals surface area contributed by atoms with E-state index >= 15 is 0 Å². The molecule has 0 bridgehead atoms. The molecule has 2 rings (SSSR count). The maximum absolute atomic E-state index is 10.5. The second-order valence-corrected chi connectivity index (χ2v) is 4.15. The van der Waals surface area contributed by atoms with Crippen molar-refractivity contribution in [3.8, 4) is 0 Å². The molecule has 19 heavy (non-hydrogen) atoms. The number of nitro groups is 1. The molecule has 1 heterocycles. The van der Waals surface area contributed by atoms with Crippen LogP contribution in [0.25, 0.3) is 0 Å². The van der Waals surface area contributed by atoms with Gasteiger partial charge in [-0.25, -0.2) is 0 Å².